The fourth-order valence-corrected chi connectivity index (χ4v) is 4.34. The number of rotatable bonds is 8. The monoisotopic (exact) mass is 304 g/mol. The highest BCUT2D eigenvalue weighted by atomic mass is 32.2. The SMILES string of the molecule is CCNCc1cc(S(=O)(=O)NCCC(C)C)c(C)s1. The molecule has 0 fully saturated rings. The van der Waals surface area contributed by atoms with E-state index in [9.17, 15) is 8.42 Å². The van der Waals surface area contributed by atoms with Crippen molar-refractivity contribution in [1.29, 1.82) is 0 Å². The van der Waals surface area contributed by atoms with Crippen molar-refractivity contribution < 1.29 is 8.42 Å². The fourth-order valence-electron chi connectivity index (χ4n) is 1.69. The first-order valence-corrected chi connectivity index (χ1v) is 8.96. The third-order valence-corrected chi connectivity index (χ3v) is 5.54. The van der Waals surface area contributed by atoms with Gasteiger partial charge in [0.05, 0.1) is 4.90 Å². The first kappa shape index (κ1) is 16.6. The van der Waals surface area contributed by atoms with Crippen LogP contribution in [-0.4, -0.2) is 21.5 Å². The van der Waals surface area contributed by atoms with Crippen LogP contribution in [0.2, 0.25) is 0 Å². The Balaban J connectivity index is 2.74. The van der Waals surface area contributed by atoms with Gasteiger partial charge in [-0.1, -0.05) is 20.8 Å². The fraction of sp³-hybridized carbons (Fsp3) is 0.692. The Bertz CT molecular complexity index is 493. The molecule has 0 spiro atoms. The summed E-state index contributed by atoms with van der Waals surface area (Å²) in [6.45, 7) is 10.2. The first-order valence-electron chi connectivity index (χ1n) is 6.66. The Kier molecular flexibility index (Phi) is 6.46. The molecule has 110 valence electrons. The van der Waals surface area contributed by atoms with Gasteiger partial charge in [-0.15, -0.1) is 11.3 Å². The summed E-state index contributed by atoms with van der Waals surface area (Å²) in [4.78, 5) is 2.34. The van der Waals surface area contributed by atoms with E-state index in [0.29, 0.717) is 17.4 Å². The van der Waals surface area contributed by atoms with Gasteiger partial charge in [-0.25, -0.2) is 13.1 Å². The molecule has 0 saturated carbocycles. The summed E-state index contributed by atoms with van der Waals surface area (Å²) in [5.41, 5.74) is 0. The van der Waals surface area contributed by atoms with Gasteiger partial charge in [0, 0.05) is 22.8 Å². The maximum Gasteiger partial charge on any atom is 0.241 e. The number of nitrogens with one attached hydrogen (secondary N) is 2. The zero-order valence-corrected chi connectivity index (χ0v) is 13.7. The number of aryl methyl sites for hydroxylation is 1. The second kappa shape index (κ2) is 7.38. The molecule has 1 heterocycles. The summed E-state index contributed by atoms with van der Waals surface area (Å²) in [5.74, 6) is 0.496. The lowest BCUT2D eigenvalue weighted by Gasteiger charge is -2.07. The van der Waals surface area contributed by atoms with E-state index < -0.39 is 10.0 Å². The number of thiophene rings is 1. The Morgan fingerprint density at radius 1 is 1.37 bits per heavy atom. The van der Waals surface area contributed by atoms with Crippen LogP contribution in [0, 0.1) is 12.8 Å². The third-order valence-electron chi connectivity index (χ3n) is 2.78. The molecule has 0 aliphatic carbocycles. The molecule has 4 nitrogen and oxygen atoms in total. The molecule has 0 aliphatic heterocycles. The topological polar surface area (TPSA) is 58.2 Å². The lowest BCUT2D eigenvalue weighted by molar-refractivity contribution is 0.551. The zero-order chi connectivity index (χ0) is 14.5. The second-order valence-corrected chi connectivity index (χ2v) is 8.07. The lowest BCUT2D eigenvalue weighted by atomic mass is 10.1. The molecule has 0 atom stereocenters. The van der Waals surface area contributed by atoms with Gasteiger partial charge in [-0.05, 0) is 31.9 Å². The molecule has 19 heavy (non-hydrogen) atoms. The molecule has 0 radical (unpaired) electrons. The maximum atomic E-state index is 12.2. The second-order valence-electron chi connectivity index (χ2n) is 4.99. The highest BCUT2D eigenvalue weighted by molar-refractivity contribution is 7.89. The van der Waals surface area contributed by atoms with E-state index in [-0.39, 0.29) is 0 Å². The average Bonchev–Trinajstić information content (AvgIpc) is 2.68. The van der Waals surface area contributed by atoms with Crippen molar-refractivity contribution in [3.8, 4) is 0 Å². The van der Waals surface area contributed by atoms with E-state index in [0.717, 1.165) is 29.3 Å². The minimum absolute atomic E-state index is 0.425. The predicted molar refractivity (Wildman–Crippen MR) is 81.1 cm³/mol. The quantitative estimate of drug-likeness (QED) is 0.776. The van der Waals surface area contributed by atoms with E-state index >= 15 is 0 Å². The Morgan fingerprint density at radius 2 is 2.05 bits per heavy atom. The van der Waals surface area contributed by atoms with Gasteiger partial charge in [-0.2, -0.15) is 0 Å². The van der Waals surface area contributed by atoms with Gasteiger partial charge in [0.1, 0.15) is 0 Å². The van der Waals surface area contributed by atoms with Crippen LogP contribution in [0.25, 0.3) is 0 Å². The van der Waals surface area contributed by atoms with Gasteiger partial charge in [0.2, 0.25) is 10.0 Å². The van der Waals surface area contributed by atoms with Gasteiger partial charge < -0.3 is 5.32 Å². The van der Waals surface area contributed by atoms with Crippen LogP contribution in [0.5, 0.6) is 0 Å². The normalized spacial score (nSPS) is 12.3. The molecule has 0 amide bonds. The Morgan fingerprint density at radius 3 is 2.63 bits per heavy atom. The van der Waals surface area contributed by atoms with Crippen LogP contribution in [-0.2, 0) is 16.6 Å². The molecule has 6 heteroatoms. The highest BCUT2D eigenvalue weighted by Gasteiger charge is 2.19. The van der Waals surface area contributed by atoms with Crippen molar-refractivity contribution in [2.75, 3.05) is 13.1 Å². The zero-order valence-electron chi connectivity index (χ0n) is 12.1. The standard InChI is InChI=1S/C13H24N2O2S2/c1-5-14-9-12-8-13(11(4)18-12)19(16,17)15-7-6-10(2)3/h8,10,14-15H,5-7,9H2,1-4H3. The van der Waals surface area contributed by atoms with Gasteiger partial charge in [0.15, 0.2) is 0 Å². The molecule has 0 saturated heterocycles. The van der Waals surface area contributed by atoms with E-state index in [4.69, 9.17) is 0 Å². The van der Waals surface area contributed by atoms with Crippen molar-refractivity contribution >= 4 is 21.4 Å². The number of sulfonamides is 1. The molecule has 0 unspecified atom stereocenters. The molecule has 2 N–H and O–H groups in total. The smallest absolute Gasteiger partial charge is 0.241 e. The van der Waals surface area contributed by atoms with E-state index in [1.807, 2.05) is 13.8 Å². The molecular weight excluding hydrogens is 280 g/mol. The summed E-state index contributed by atoms with van der Waals surface area (Å²) in [6.07, 6.45) is 0.854. The molecule has 1 rings (SSSR count). The van der Waals surface area contributed by atoms with Crippen LogP contribution in [0.4, 0.5) is 0 Å². The van der Waals surface area contributed by atoms with Crippen LogP contribution < -0.4 is 10.0 Å². The van der Waals surface area contributed by atoms with Crippen molar-refractivity contribution in [2.45, 2.75) is 45.6 Å². The number of hydrogen-bond acceptors (Lipinski definition) is 4. The highest BCUT2D eigenvalue weighted by Crippen LogP contribution is 2.25. The minimum Gasteiger partial charge on any atom is -0.312 e. The molecule has 1 aromatic rings. The number of hydrogen-bond donors (Lipinski definition) is 2. The van der Waals surface area contributed by atoms with Crippen LogP contribution in [0.1, 0.15) is 36.9 Å². The molecule has 0 aromatic carbocycles. The third kappa shape index (κ3) is 5.22. The largest absolute Gasteiger partial charge is 0.312 e. The van der Waals surface area contributed by atoms with E-state index in [1.54, 1.807) is 6.07 Å². The van der Waals surface area contributed by atoms with Crippen LogP contribution >= 0.6 is 11.3 Å². The van der Waals surface area contributed by atoms with E-state index in [2.05, 4.69) is 23.9 Å². The van der Waals surface area contributed by atoms with Crippen molar-refractivity contribution in [3.05, 3.63) is 15.8 Å². The van der Waals surface area contributed by atoms with Crippen molar-refractivity contribution in [3.63, 3.8) is 0 Å². The van der Waals surface area contributed by atoms with Gasteiger partial charge in [-0.3, -0.25) is 0 Å². The molecule has 0 bridgehead atoms. The summed E-state index contributed by atoms with van der Waals surface area (Å²) < 4.78 is 27.1. The van der Waals surface area contributed by atoms with Crippen molar-refractivity contribution in [1.82, 2.24) is 10.0 Å². The first-order chi connectivity index (χ1) is 8.86. The van der Waals surface area contributed by atoms with Crippen LogP contribution in [0.15, 0.2) is 11.0 Å². The van der Waals surface area contributed by atoms with Gasteiger partial charge in [0.25, 0.3) is 0 Å². The summed E-state index contributed by atoms with van der Waals surface area (Å²) >= 11 is 1.54. The molecule has 0 aliphatic rings. The summed E-state index contributed by atoms with van der Waals surface area (Å²) in [6, 6.07) is 1.78. The lowest BCUT2D eigenvalue weighted by Crippen LogP contribution is -2.25. The molecular formula is C13H24N2O2S2. The Labute approximate surface area is 120 Å². The summed E-state index contributed by atoms with van der Waals surface area (Å²) in [7, 11) is -3.36. The van der Waals surface area contributed by atoms with Gasteiger partial charge >= 0.3 is 0 Å². The van der Waals surface area contributed by atoms with E-state index in [1.165, 1.54) is 11.3 Å². The molecule has 1 aromatic heterocycles. The predicted octanol–water partition coefficient (Wildman–Crippen LogP) is 2.49. The summed E-state index contributed by atoms with van der Waals surface area (Å²) in [5, 5.41) is 3.21. The maximum absolute atomic E-state index is 12.2. The Hall–Kier alpha value is -0.430. The average molecular weight is 304 g/mol. The van der Waals surface area contributed by atoms with Crippen LogP contribution in [0.3, 0.4) is 0 Å². The minimum atomic E-state index is -3.36. The van der Waals surface area contributed by atoms with Crippen molar-refractivity contribution in [2.24, 2.45) is 5.92 Å².